The highest BCUT2D eigenvalue weighted by Gasteiger charge is 2.43. The van der Waals surface area contributed by atoms with Gasteiger partial charge in [-0.2, -0.15) is 0 Å². The fourth-order valence-corrected chi connectivity index (χ4v) is 10.4. The number of halogens is 1. The van der Waals surface area contributed by atoms with Crippen LogP contribution in [0.15, 0.2) is 54.6 Å². The van der Waals surface area contributed by atoms with Crippen LogP contribution in [0.5, 0.6) is 0 Å². The average Bonchev–Trinajstić information content (AvgIpc) is 4.02. The number of alkyl halides is 1. The molecular formula is C48H62FN9O7S. The van der Waals surface area contributed by atoms with Crippen molar-refractivity contribution < 1.29 is 37.8 Å². The number of cyclic esters (lactones) is 1. The summed E-state index contributed by atoms with van der Waals surface area (Å²) in [6.45, 7) is 14.4. The molecular weight excluding hydrogens is 866 g/mol. The van der Waals surface area contributed by atoms with Crippen molar-refractivity contribution in [1.82, 2.24) is 45.0 Å². The molecule has 3 aliphatic rings. The molecule has 3 aliphatic heterocycles. The molecule has 0 spiro atoms. The summed E-state index contributed by atoms with van der Waals surface area (Å²) in [6, 6.07) is 5.78. The van der Waals surface area contributed by atoms with E-state index in [1.54, 1.807) is 27.2 Å². The van der Waals surface area contributed by atoms with E-state index < -0.39 is 71.4 Å². The third-order valence-corrected chi connectivity index (χ3v) is 13.7. The van der Waals surface area contributed by atoms with Gasteiger partial charge < -0.3 is 34.1 Å². The van der Waals surface area contributed by atoms with Gasteiger partial charge in [-0.15, -0.1) is 11.3 Å². The number of ether oxygens (including phenoxy) is 2. The van der Waals surface area contributed by atoms with Crippen LogP contribution in [0.25, 0.3) is 33.4 Å². The van der Waals surface area contributed by atoms with Crippen molar-refractivity contribution >= 4 is 52.0 Å². The number of likely N-dealkylation sites (N-methyl/N-ethyl adjacent to an activating group) is 2. The number of esters is 1. The van der Waals surface area contributed by atoms with Crippen molar-refractivity contribution in [3.05, 3.63) is 70.8 Å². The fraction of sp³-hybridized carbons (Fsp3) is 0.521. The SMILES string of the molecule is C=CC(=O)N(C)[C@H]1CN(C(=O)N(C)C(C(=O)N[C@H]2Cc3nc(cs3)-c3ccc4c(c3)c(c(-c3cccnc3COC)n4CC)CC(C)(C)COC(=O)[C@@H]3CCCN(N3)C2=O)C(C)C)C[C@H]1F. The highest BCUT2D eigenvalue weighted by Crippen LogP contribution is 2.41. The number of fused-ring (bicyclic) bond motifs is 6. The van der Waals surface area contributed by atoms with E-state index in [-0.39, 0.29) is 32.7 Å². The minimum Gasteiger partial charge on any atom is -0.464 e. The molecule has 0 radical (unpaired) electrons. The summed E-state index contributed by atoms with van der Waals surface area (Å²) in [5, 5.41) is 7.89. The molecule has 2 fully saturated rings. The van der Waals surface area contributed by atoms with Crippen LogP contribution < -0.4 is 10.7 Å². The number of hydrogen-bond donors (Lipinski definition) is 2. The lowest BCUT2D eigenvalue weighted by Gasteiger charge is -2.37. The third kappa shape index (κ3) is 9.86. The van der Waals surface area contributed by atoms with Crippen LogP contribution in [-0.2, 0) is 54.6 Å². The Morgan fingerprint density at radius 1 is 1.18 bits per heavy atom. The molecule has 1 aromatic carbocycles. The first kappa shape index (κ1) is 48.2. The molecule has 6 bridgehead atoms. The summed E-state index contributed by atoms with van der Waals surface area (Å²) in [7, 11) is 4.59. The number of carbonyl (C=O) groups excluding carboxylic acids is 5. The number of nitrogens with zero attached hydrogens (tertiary/aromatic N) is 7. The standard InChI is InChI=1S/C48H62FN9O7S/c1-10-41(59)54(7)39-24-56(23-33(39)49)47(63)55(8)42(28(3)4)44(60)52-35-21-40-51-37(26-66-40)29-16-17-38-31(20-29)32(43(57(38)11-2)30-14-12-18-50-36(30)25-64-9)22-48(5,6)27-65-46(62)34-15-13-19-58(53-34)45(35)61/h10,12,14,16-18,20,26,28,33-35,39,42,53H,1,11,13,15,19,21-25,27H2,2-9H3,(H,52,60)/t33-,34+,35+,39+,42?/m1/s1. The number of benzene rings is 1. The molecule has 0 aliphatic carbocycles. The predicted molar refractivity (Wildman–Crippen MR) is 250 cm³/mol. The van der Waals surface area contributed by atoms with Crippen LogP contribution in [0.3, 0.4) is 0 Å². The number of urea groups is 1. The third-order valence-electron chi connectivity index (χ3n) is 12.9. The Morgan fingerprint density at radius 3 is 2.67 bits per heavy atom. The molecule has 1 unspecified atom stereocenters. The Labute approximate surface area is 389 Å². The molecule has 7 rings (SSSR count). The second-order valence-corrected chi connectivity index (χ2v) is 19.6. The first-order valence-electron chi connectivity index (χ1n) is 22.6. The number of hydrazine groups is 1. The van der Waals surface area contributed by atoms with Gasteiger partial charge in [0.2, 0.25) is 11.8 Å². The number of rotatable bonds is 10. The number of thiazole rings is 1. The van der Waals surface area contributed by atoms with E-state index in [9.17, 15) is 24.0 Å². The smallest absolute Gasteiger partial charge is 0.324 e. The molecule has 0 saturated carbocycles. The van der Waals surface area contributed by atoms with Crippen LogP contribution in [0.4, 0.5) is 9.18 Å². The number of pyridine rings is 1. The number of amides is 5. The number of carbonyl (C=O) groups is 5. The van der Waals surface area contributed by atoms with Crippen molar-refractivity contribution in [3.63, 3.8) is 0 Å². The molecule has 3 aromatic heterocycles. The van der Waals surface area contributed by atoms with Crippen LogP contribution >= 0.6 is 11.3 Å². The molecule has 354 valence electrons. The highest BCUT2D eigenvalue weighted by atomic mass is 32.1. The van der Waals surface area contributed by atoms with Gasteiger partial charge in [0, 0.05) is 86.3 Å². The maximum Gasteiger partial charge on any atom is 0.324 e. The molecule has 18 heteroatoms. The van der Waals surface area contributed by atoms with E-state index >= 15 is 4.39 Å². The Hall–Kier alpha value is -5.72. The topological polar surface area (TPSA) is 172 Å². The number of aromatic nitrogens is 3. The Bertz CT molecular complexity index is 2490. The van der Waals surface area contributed by atoms with E-state index in [2.05, 4.69) is 60.9 Å². The van der Waals surface area contributed by atoms with E-state index in [4.69, 9.17) is 19.4 Å². The second-order valence-electron chi connectivity index (χ2n) is 18.6. The van der Waals surface area contributed by atoms with Crippen molar-refractivity contribution in [2.24, 2.45) is 11.3 Å². The number of nitrogens with one attached hydrogen (secondary N) is 2. The van der Waals surface area contributed by atoms with E-state index in [0.717, 1.165) is 45.1 Å². The normalized spacial score (nSPS) is 21.6. The lowest BCUT2D eigenvalue weighted by molar-refractivity contribution is -0.155. The molecule has 6 heterocycles. The van der Waals surface area contributed by atoms with Crippen molar-refractivity contribution in [3.8, 4) is 22.5 Å². The summed E-state index contributed by atoms with van der Waals surface area (Å²) < 4.78 is 29.2. The van der Waals surface area contributed by atoms with Crippen LogP contribution in [0, 0.1) is 11.3 Å². The van der Waals surface area contributed by atoms with Crippen molar-refractivity contribution in [2.75, 3.05) is 47.4 Å². The van der Waals surface area contributed by atoms with Gasteiger partial charge in [-0.05, 0) is 68.0 Å². The zero-order valence-corrected chi connectivity index (χ0v) is 40.0. The lowest BCUT2D eigenvalue weighted by Crippen LogP contribution is -2.62. The van der Waals surface area contributed by atoms with Gasteiger partial charge in [-0.1, -0.05) is 40.3 Å². The Morgan fingerprint density at radius 2 is 1.95 bits per heavy atom. The van der Waals surface area contributed by atoms with Crippen LogP contribution in [0.1, 0.15) is 63.7 Å². The van der Waals surface area contributed by atoms with E-state index in [1.165, 1.54) is 45.1 Å². The first-order chi connectivity index (χ1) is 31.5. The van der Waals surface area contributed by atoms with Crippen LogP contribution in [-0.4, -0.2) is 142 Å². The summed E-state index contributed by atoms with van der Waals surface area (Å²) in [5.74, 6) is -2.44. The predicted octanol–water partition coefficient (Wildman–Crippen LogP) is 5.38. The minimum absolute atomic E-state index is 0.0212. The summed E-state index contributed by atoms with van der Waals surface area (Å²) >= 11 is 1.37. The average molecular weight is 928 g/mol. The number of likely N-dealkylation sites (tertiary alicyclic amines) is 1. The largest absolute Gasteiger partial charge is 0.464 e. The Balaban J connectivity index is 1.24. The second kappa shape index (κ2) is 20.0. The quantitative estimate of drug-likeness (QED) is 0.155. The summed E-state index contributed by atoms with van der Waals surface area (Å²) in [6.07, 6.45) is 2.89. The lowest BCUT2D eigenvalue weighted by atomic mass is 9.84. The molecule has 16 nitrogen and oxygen atoms in total. The zero-order valence-electron chi connectivity index (χ0n) is 39.1. The first-order valence-corrected chi connectivity index (χ1v) is 23.5. The molecule has 2 N–H and O–H groups in total. The molecule has 5 atom stereocenters. The van der Waals surface area contributed by atoms with Gasteiger partial charge in [0.05, 0.1) is 47.9 Å². The maximum atomic E-state index is 15.3. The van der Waals surface area contributed by atoms with Gasteiger partial charge in [-0.3, -0.25) is 29.2 Å². The minimum atomic E-state index is -1.50. The monoisotopic (exact) mass is 927 g/mol. The summed E-state index contributed by atoms with van der Waals surface area (Å²) in [5.41, 5.74) is 9.06. The van der Waals surface area contributed by atoms with Gasteiger partial charge in [0.25, 0.3) is 5.91 Å². The fourth-order valence-electron chi connectivity index (χ4n) is 9.52. The van der Waals surface area contributed by atoms with E-state index in [0.29, 0.717) is 43.1 Å². The van der Waals surface area contributed by atoms with Crippen molar-refractivity contribution in [1.29, 1.82) is 0 Å². The number of aryl methyl sites for hydroxylation is 1. The number of hydrogen-bond acceptors (Lipinski definition) is 11. The number of methoxy groups -OCH3 is 1. The van der Waals surface area contributed by atoms with Gasteiger partial charge in [0.15, 0.2) is 0 Å². The molecule has 2 saturated heterocycles. The van der Waals surface area contributed by atoms with E-state index in [1.807, 2.05) is 17.5 Å². The van der Waals surface area contributed by atoms with Crippen LogP contribution in [0.2, 0.25) is 0 Å². The highest BCUT2D eigenvalue weighted by molar-refractivity contribution is 7.10. The van der Waals surface area contributed by atoms with Gasteiger partial charge in [-0.25, -0.2) is 19.6 Å². The maximum absolute atomic E-state index is 15.3. The molecule has 4 aromatic rings. The Kier molecular flexibility index (Phi) is 14.6. The van der Waals surface area contributed by atoms with Crippen molar-refractivity contribution in [2.45, 2.75) is 104 Å². The molecule has 5 amide bonds. The van der Waals surface area contributed by atoms with Gasteiger partial charge in [0.1, 0.15) is 24.3 Å². The van der Waals surface area contributed by atoms with Gasteiger partial charge >= 0.3 is 12.0 Å². The molecule has 66 heavy (non-hydrogen) atoms. The summed E-state index contributed by atoms with van der Waals surface area (Å²) in [4.78, 5) is 82.7. The zero-order chi connectivity index (χ0) is 47.6.